The van der Waals surface area contributed by atoms with Crippen molar-refractivity contribution < 1.29 is 19.4 Å². The van der Waals surface area contributed by atoms with Crippen LogP contribution in [-0.2, 0) is 9.53 Å². The van der Waals surface area contributed by atoms with Crippen LogP contribution in [0.3, 0.4) is 0 Å². The molecule has 0 fully saturated rings. The Bertz CT molecular complexity index is 639. The Morgan fingerprint density at radius 3 is 2.67 bits per heavy atom. The zero-order valence-electron chi connectivity index (χ0n) is 14.8. The lowest BCUT2D eigenvalue weighted by Gasteiger charge is -2.25. The van der Waals surface area contributed by atoms with Crippen molar-refractivity contribution in [2.45, 2.75) is 39.2 Å². The molecular formula is C20H26O4. The topological polar surface area (TPSA) is 55.8 Å². The first-order valence-corrected chi connectivity index (χ1v) is 7.84. The highest BCUT2D eigenvalue weighted by atomic mass is 16.6. The van der Waals surface area contributed by atoms with Crippen LogP contribution in [0.5, 0.6) is 11.5 Å². The largest absolute Gasteiger partial charge is 0.504 e. The summed E-state index contributed by atoms with van der Waals surface area (Å²) in [4.78, 5) is 12.1. The number of phenols is 1. The van der Waals surface area contributed by atoms with E-state index in [1.165, 1.54) is 24.8 Å². The molecule has 0 radical (unpaired) electrons. The molecule has 1 rings (SSSR count). The summed E-state index contributed by atoms with van der Waals surface area (Å²) in [5.41, 5.74) is 1.25. The van der Waals surface area contributed by atoms with Crippen LogP contribution in [0, 0.1) is 0 Å². The van der Waals surface area contributed by atoms with Crippen LogP contribution in [0.2, 0.25) is 0 Å². The molecule has 1 unspecified atom stereocenters. The average Bonchev–Trinajstić information content (AvgIpc) is 2.53. The summed E-state index contributed by atoms with van der Waals surface area (Å²) >= 11 is 0. The second kappa shape index (κ2) is 8.96. The van der Waals surface area contributed by atoms with Gasteiger partial charge in [0.15, 0.2) is 11.5 Å². The summed E-state index contributed by atoms with van der Waals surface area (Å²) in [6.07, 6.45) is 8.22. The number of aromatic hydroxyl groups is 1. The van der Waals surface area contributed by atoms with Crippen molar-refractivity contribution in [3.8, 4) is 11.5 Å². The Morgan fingerprint density at radius 2 is 2.08 bits per heavy atom. The predicted octanol–water partition coefficient (Wildman–Crippen LogP) is 4.65. The molecule has 0 saturated carbocycles. The normalized spacial score (nSPS) is 13.2. The van der Waals surface area contributed by atoms with E-state index in [0.717, 1.165) is 12.0 Å². The summed E-state index contributed by atoms with van der Waals surface area (Å²) in [5, 5.41) is 9.56. The quantitative estimate of drug-likeness (QED) is 0.428. The van der Waals surface area contributed by atoms with E-state index in [0.29, 0.717) is 12.2 Å². The Morgan fingerprint density at radius 1 is 1.38 bits per heavy atom. The monoisotopic (exact) mass is 330 g/mol. The molecular weight excluding hydrogens is 304 g/mol. The zero-order chi connectivity index (χ0) is 18.2. The van der Waals surface area contributed by atoms with Crippen LogP contribution < -0.4 is 4.74 Å². The maximum atomic E-state index is 12.1. The van der Waals surface area contributed by atoms with Gasteiger partial charge in [-0.1, -0.05) is 24.3 Å². The first-order valence-electron chi connectivity index (χ1n) is 7.84. The van der Waals surface area contributed by atoms with Crippen molar-refractivity contribution in [2.24, 2.45) is 0 Å². The van der Waals surface area contributed by atoms with Crippen molar-refractivity contribution in [3.05, 3.63) is 54.1 Å². The molecule has 0 aromatic heterocycles. The number of benzene rings is 1. The number of carbonyl (C=O) groups excluding carboxylic acids is 1. The van der Waals surface area contributed by atoms with E-state index in [4.69, 9.17) is 9.47 Å². The van der Waals surface area contributed by atoms with Gasteiger partial charge in [-0.05, 0) is 63.5 Å². The molecule has 0 aliphatic rings. The predicted molar refractivity (Wildman–Crippen MR) is 97.1 cm³/mol. The molecule has 4 heteroatoms. The highest BCUT2D eigenvalue weighted by Gasteiger charge is 2.23. The van der Waals surface area contributed by atoms with Crippen molar-refractivity contribution >= 4 is 12.0 Å². The van der Waals surface area contributed by atoms with Crippen molar-refractivity contribution in [1.29, 1.82) is 0 Å². The number of hydrogen-bond donors (Lipinski definition) is 1. The Balaban J connectivity index is 2.72. The Labute approximate surface area is 144 Å². The second-order valence-electron chi connectivity index (χ2n) is 6.02. The highest BCUT2D eigenvalue weighted by Crippen LogP contribution is 2.27. The molecule has 0 saturated heterocycles. The number of carbonyl (C=O) groups is 1. The lowest BCUT2D eigenvalue weighted by Crippen LogP contribution is -2.28. The molecule has 130 valence electrons. The zero-order valence-corrected chi connectivity index (χ0v) is 14.8. The molecule has 0 spiro atoms. The number of ether oxygens (including phenoxy) is 2. The van der Waals surface area contributed by atoms with Crippen molar-refractivity contribution in [1.82, 2.24) is 0 Å². The lowest BCUT2D eigenvalue weighted by atomic mass is 9.99. The van der Waals surface area contributed by atoms with Crippen LogP contribution in [0.15, 0.2) is 48.6 Å². The van der Waals surface area contributed by atoms with Gasteiger partial charge < -0.3 is 14.6 Å². The van der Waals surface area contributed by atoms with Crippen LogP contribution in [0.25, 0.3) is 6.08 Å². The number of allylic oxidation sites excluding steroid dienone is 2. The molecule has 1 N–H and O–H groups in total. The maximum Gasteiger partial charge on any atom is 0.331 e. The second-order valence-corrected chi connectivity index (χ2v) is 6.02. The molecule has 1 aromatic rings. The summed E-state index contributed by atoms with van der Waals surface area (Å²) in [6, 6.07) is 4.83. The summed E-state index contributed by atoms with van der Waals surface area (Å²) < 4.78 is 10.6. The number of rotatable bonds is 8. The molecule has 0 aliphatic carbocycles. The van der Waals surface area contributed by atoms with Gasteiger partial charge in [0, 0.05) is 6.08 Å². The van der Waals surface area contributed by atoms with E-state index in [2.05, 4.69) is 12.7 Å². The summed E-state index contributed by atoms with van der Waals surface area (Å²) in [7, 11) is 1.47. The first-order chi connectivity index (χ1) is 11.3. The third-order valence-electron chi connectivity index (χ3n) is 3.57. The van der Waals surface area contributed by atoms with E-state index >= 15 is 0 Å². The van der Waals surface area contributed by atoms with Gasteiger partial charge in [0.25, 0.3) is 0 Å². The van der Waals surface area contributed by atoms with Gasteiger partial charge >= 0.3 is 5.97 Å². The number of hydrogen-bond acceptors (Lipinski definition) is 4. The third kappa shape index (κ3) is 6.32. The molecule has 0 amide bonds. The number of methoxy groups -OCH3 is 1. The Kier molecular flexibility index (Phi) is 7.31. The van der Waals surface area contributed by atoms with E-state index in [1.807, 2.05) is 20.8 Å². The molecule has 0 aliphatic heterocycles. The minimum atomic E-state index is -0.708. The van der Waals surface area contributed by atoms with E-state index in [9.17, 15) is 9.90 Å². The third-order valence-corrected chi connectivity index (χ3v) is 3.57. The van der Waals surface area contributed by atoms with Crippen LogP contribution >= 0.6 is 0 Å². The first kappa shape index (κ1) is 19.6. The van der Waals surface area contributed by atoms with Crippen LogP contribution in [0.1, 0.15) is 39.2 Å². The summed E-state index contributed by atoms with van der Waals surface area (Å²) in [6.45, 7) is 9.68. The lowest BCUT2D eigenvalue weighted by molar-refractivity contribution is -0.147. The molecule has 24 heavy (non-hydrogen) atoms. The SMILES string of the molecule is C=CC(C)(CCC=C(C)C)OC(=O)/C=C/c1ccc(O)c(OC)c1. The van der Waals surface area contributed by atoms with Crippen LogP contribution in [0.4, 0.5) is 0 Å². The summed E-state index contributed by atoms with van der Waals surface area (Å²) in [5.74, 6) is -0.0412. The standard InChI is InChI=1S/C20H26O4/c1-6-20(4,13-7-8-15(2)3)24-19(22)12-10-16-9-11-17(21)18(14-16)23-5/h6,8-12,14,21H,1,7,13H2,2-5H3/b12-10+. The molecule has 1 aromatic carbocycles. The van der Waals surface area contributed by atoms with Gasteiger partial charge in [0.1, 0.15) is 5.60 Å². The van der Waals surface area contributed by atoms with Crippen molar-refractivity contribution in [2.75, 3.05) is 7.11 Å². The fourth-order valence-electron chi connectivity index (χ4n) is 2.07. The molecule has 4 nitrogen and oxygen atoms in total. The fourth-order valence-corrected chi connectivity index (χ4v) is 2.07. The molecule has 1 atom stereocenters. The highest BCUT2D eigenvalue weighted by molar-refractivity contribution is 5.87. The molecule has 0 heterocycles. The maximum absolute atomic E-state index is 12.1. The molecule has 0 bridgehead atoms. The average molecular weight is 330 g/mol. The number of esters is 1. The van der Waals surface area contributed by atoms with E-state index in [1.54, 1.807) is 24.3 Å². The van der Waals surface area contributed by atoms with Crippen LogP contribution in [-0.4, -0.2) is 23.8 Å². The van der Waals surface area contributed by atoms with Gasteiger partial charge in [-0.25, -0.2) is 4.79 Å². The van der Waals surface area contributed by atoms with Gasteiger partial charge in [0.2, 0.25) is 0 Å². The van der Waals surface area contributed by atoms with Gasteiger partial charge in [-0.3, -0.25) is 0 Å². The smallest absolute Gasteiger partial charge is 0.331 e. The number of phenolic OH excluding ortho intramolecular Hbond substituents is 1. The van der Waals surface area contributed by atoms with E-state index < -0.39 is 11.6 Å². The van der Waals surface area contributed by atoms with Gasteiger partial charge in [-0.2, -0.15) is 0 Å². The Hall–Kier alpha value is -2.49. The fraction of sp³-hybridized carbons (Fsp3) is 0.350. The van der Waals surface area contributed by atoms with Crippen molar-refractivity contribution in [3.63, 3.8) is 0 Å². The minimum absolute atomic E-state index is 0.0516. The van der Waals surface area contributed by atoms with Gasteiger partial charge in [-0.15, -0.1) is 0 Å². The van der Waals surface area contributed by atoms with E-state index in [-0.39, 0.29) is 5.75 Å². The van der Waals surface area contributed by atoms with Gasteiger partial charge in [0.05, 0.1) is 7.11 Å². The minimum Gasteiger partial charge on any atom is -0.504 e.